The van der Waals surface area contributed by atoms with Crippen molar-refractivity contribution in [3.8, 4) is 5.75 Å². The number of benzene rings is 1. The van der Waals surface area contributed by atoms with Gasteiger partial charge in [0.25, 0.3) is 0 Å². The number of hydrogen-bond donors (Lipinski definition) is 1. The Hall–Kier alpha value is -1.46. The van der Waals surface area contributed by atoms with E-state index in [1.54, 1.807) is 18.2 Å². The normalized spacial score (nSPS) is 10.5. The summed E-state index contributed by atoms with van der Waals surface area (Å²) in [6.45, 7) is 1.87. The molecule has 0 aliphatic heterocycles. The van der Waals surface area contributed by atoms with E-state index >= 15 is 0 Å². The topological polar surface area (TPSA) is 42.4 Å². The van der Waals surface area contributed by atoms with Crippen LogP contribution in [0.1, 0.15) is 17.0 Å². The highest BCUT2D eigenvalue weighted by Crippen LogP contribution is 2.20. The van der Waals surface area contributed by atoms with Gasteiger partial charge in [-0.3, -0.25) is 4.98 Å². The summed E-state index contributed by atoms with van der Waals surface area (Å²) in [6, 6.07) is 8.13. The first kappa shape index (κ1) is 14.0. The van der Waals surface area contributed by atoms with E-state index in [0.29, 0.717) is 21.5 Å². The van der Waals surface area contributed by atoms with Crippen molar-refractivity contribution in [1.29, 1.82) is 0 Å². The lowest BCUT2D eigenvalue weighted by atomic mass is 10.2. The molecule has 0 amide bonds. The Balaban J connectivity index is 2.14. The molecule has 1 aromatic heterocycles. The molecular weight excluding hydrogens is 313 g/mol. The van der Waals surface area contributed by atoms with Crippen LogP contribution in [0.25, 0.3) is 0 Å². The lowest BCUT2D eigenvalue weighted by molar-refractivity contribution is 0.253. The summed E-state index contributed by atoms with van der Waals surface area (Å²) >= 11 is 3.23. The fourth-order valence-electron chi connectivity index (χ4n) is 1.70. The second kappa shape index (κ2) is 6.12. The molecule has 2 rings (SSSR count). The number of aliphatic hydroxyl groups excluding tert-OH is 1. The van der Waals surface area contributed by atoms with E-state index in [9.17, 15) is 9.50 Å². The summed E-state index contributed by atoms with van der Waals surface area (Å²) in [5.74, 6) is 0.186. The van der Waals surface area contributed by atoms with Gasteiger partial charge in [-0.25, -0.2) is 4.39 Å². The fourth-order valence-corrected chi connectivity index (χ4v) is 2.21. The van der Waals surface area contributed by atoms with Gasteiger partial charge in [-0.1, -0.05) is 15.9 Å². The zero-order valence-electron chi connectivity index (χ0n) is 10.4. The minimum atomic E-state index is -0.322. The number of rotatable bonds is 4. The monoisotopic (exact) mass is 325 g/mol. The van der Waals surface area contributed by atoms with Gasteiger partial charge in [-0.2, -0.15) is 0 Å². The van der Waals surface area contributed by atoms with Gasteiger partial charge in [0, 0.05) is 10.2 Å². The number of nitrogens with zero attached hydrogens (tertiary/aromatic N) is 1. The van der Waals surface area contributed by atoms with Crippen LogP contribution in [0, 0.1) is 12.7 Å². The van der Waals surface area contributed by atoms with Gasteiger partial charge in [0.1, 0.15) is 23.9 Å². The number of aromatic nitrogens is 1. The third-order valence-electron chi connectivity index (χ3n) is 2.54. The van der Waals surface area contributed by atoms with Crippen LogP contribution in [0.2, 0.25) is 0 Å². The quantitative estimate of drug-likeness (QED) is 0.937. The summed E-state index contributed by atoms with van der Waals surface area (Å²) in [6.07, 6.45) is 0. The van der Waals surface area contributed by atoms with Crippen molar-refractivity contribution in [3.63, 3.8) is 0 Å². The maximum atomic E-state index is 13.2. The van der Waals surface area contributed by atoms with Crippen molar-refractivity contribution in [1.82, 2.24) is 4.98 Å². The second-order valence-electron chi connectivity index (χ2n) is 4.12. The second-order valence-corrected chi connectivity index (χ2v) is 5.04. The van der Waals surface area contributed by atoms with Crippen LogP contribution in [-0.2, 0) is 13.2 Å². The van der Waals surface area contributed by atoms with Crippen molar-refractivity contribution in [2.75, 3.05) is 0 Å². The highest BCUT2D eigenvalue weighted by atomic mass is 79.9. The molecule has 0 bridgehead atoms. The minimum Gasteiger partial charge on any atom is -0.487 e. The average molecular weight is 326 g/mol. The molecule has 19 heavy (non-hydrogen) atoms. The Morgan fingerprint density at radius 2 is 2.11 bits per heavy atom. The van der Waals surface area contributed by atoms with Gasteiger partial charge < -0.3 is 9.84 Å². The Morgan fingerprint density at radius 3 is 2.79 bits per heavy atom. The van der Waals surface area contributed by atoms with E-state index < -0.39 is 0 Å². The summed E-state index contributed by atoms with van der Waals surface area (Å²) in [5.41, 5.74) is 2.00. The largest absolute Gasteiger partial charge is 0.487 e. The zero-order valence-corrected chi connectivity index (χ0v) is 11.9. The number of hydrogen-bond acceptors (Lipinski definition) is 3. The molecule has 0 radical (unpaired) electrons. The van der Waals surface area contributed by atoms with Gasteiger partial charge in [-0.05, 0) is 42.8 Å². The maximum absolute atomic E-state index is 13.2. The molecule has 1 heterocycles. The van der Waals surface area contributed by atoms with Gasteiger partial charge in [-0.15, -0.1) is 0 Å². The first-order valence-corrected chi connectivity index (χ1v) is 6.53. The Kier molecular flexibility index (Phi) is 4.50. The molecule has 5 heteroatoms. The molecule has 0 aliphatic carbocycles. The average Bonchev–Trinajstić information content (AvgIpc) is 2.36. The van der Waals surface area contributed by atoms with Crippen LogP contribution in [0.3, 0.4) is 0 Å². The Bertz CT molecular complexity index is 569. The van der Waals surface area contributed by atoms with Crippen LogP contribution in [0.4, 0.5) is 4.39 Å². The first-order valence-electron chi connectivity index (χ1n) is 5.73. The maximum Gasteiger partial charge on any atom is 0.143 e. The molecular formula is C14H13BrFNO2. The van der Waals surface area contributed by atoms with E-state index in [0.717, 1.165) is 5.69 Å². The highest BCUT2D eigenvalue weighted by Gasteiger charge is 2.06. The SMILES string of the molecule is Cc1ccc(OCc2cc(F)cc(Br)c2)c(CO)n1. The third-order valence-corrected chi connectivity index (χ3v) is 3.00. The van der Waals surface area contributed by atoms with Gasteiger partial charge in [0.15, 0.2) is 0 Å². The lowest BCUT2D eigenvalue weighted by Gasteiger charge is -2.10. The van der Waals surface area contributed by atoms with Gasteiger partial charge in [0.2, 0.25) is 0 Å². The smallest absolute Gasteiger partial charge is 0.143 e. The van der Waals surface area contributed by atoms with E-state index in [-0.39, 0.29) is 19.0 Å². The molecule has 100 valence electrons. The van der Waals surface area contributed by atoms with Crippen LogP contribution >= 0.6 is 15.9 Å². The number of ether oxygens (including phenoxy) is 1. The predicted octanol–water partition coefficient (Wildman–Crippen LogP) is 3.36. The summed E-state index contributed by atoms with van der Waals surface area (Å²) in [7, 11) is 0. The van der Waals surface area contributed by atoms with Crippen LogP contribution < -0.4 is 4.74 Å². The lowest BCUT2D eigenvalue weighted by Crippen LogP contribution is -2.02. The molecule has 2 aromatic rings. The first-order chi connectivity index (χ1) is 9.08. The van der Waals surface area contributed by atoms with Gasteiger partial charge in [0.05, 0.1) is 6.61 Å². The number of pyridine rings is 1. The van der Waals surface area contributed by atoms with E-state index in [1.807, 2.05) is 6.92 Å². The van der Waals surface area contributed by atoms with Crippen LogP contribution in [0.15, 0.2) is 34.8 Å². The molecule has 1 aromatic carbocycles. The zero-order chi connectivity index (χ0) is 13.8. The van der Waals surface area contributed by atoms with Crippen molar-refractivity contribution in [3.05, 3.63) is 57.6 Å². The molecule has 0 atom stereocenters. The summed E-state index contributed by atoms with van der Waals surface area (Å²) in [5, 5.41) is 9.22. The van der Waals surface area contributed by atoms with E-state index in [1.165, 1.54) is 12.1 Å². The fraction of sp³-hybridized carbons (Fsp3) is 0.214. The number of halogens is 2. The Labute approximate surface area is 119 Å². The summed E-state index contributed by atoms with van der Waals surface area (Å²) in [4.78, 5) is 4.18. The number of aliphatic hydroxyl groups is 1. The highest BCUT2D eigenvalue weighted by molar-refractivity contribution is 9.10. The molecule has 3 nitrogen and oxygen atoms in total. The predicted molar refractivity (Wildman–Crippen MR) is 73.3 cm³/mol. The standard InChI is InChI=1S/C14H13BrFNO2/c1-9-2-3-14(13(7-18)17-9)19-8-10-4-11(15)6-12(16)5-10/h2-6,18H,7-8H2,1H3. The van der Waals surface area contributed by atoms with Crippen molar-refractivity contribution < 1.29 is 14.2 Å². The summed E-state index contributed by atoms with van der Waals surface area (Å²) < 4.78 is 19.4. The van der Waals surface area contributed by atoms with E-state index in [4.69, 9.17) is 4.74 Å². The molecule has 0 saturated heterocycles. The van der Waals surface area contributed by atoms with Crippen molar-refractivity contribution >= 4 is 15.9 Å². The molecule has 0 unspecified atom stereocenters. The molecule has 0 spiro atoms. The van der Waals surface area contributed by atoms with Crippen molar-refractivity contribution in [2.45, 2.75) is 20.1 Å². The Morgan fingerprint density at radius 1 is 1.32 bits per heavy atom. The minimum absolute atomic E-state index is 0.191. The molecule has 0 aliphatic rings. The molecule has 1 N–H and O–H groups in total. The molecule has 0 fully saturated rings. The molecule has 0 saturated carbocycles. The van der Waals surface area contributed by atoms with E-state index in [2.05, 4.69) is 20.9 Å². The van der Waals surface area contributed by atoms with Crippen LogP contribution in [0.5, 0.6) is 5.75 Å². The van der Waals surface area contributed by atoms with Crippen molar-refractivity contribution in [2.24, 2.45) is 0 Å². The van der Waals surface area contributed by atoms with Crippen LogP contribution in [-0.4, -0.2) is 10.1 Å². The number of aryl methyl sites for hydroxylation is 1. The third kappa shape index (κ3) is 3.75. The van der Waals surface area contributed by atoms with Gasteiger partial charge >= 0.3 is 0 Å².